The molecule has 1 aromatic rings. The first-order chi connectivity index (χ1) is 8.20. The summed E-state index contributed by atoms with van der Waals surface area (Å²) in [6.07, 6.45) is 4.59. The third kappa shape index (κ3) is 2.70. The van der Waals surface area contributed by atoms with Crippen LogP contribution in [0.1, 0.15) is 30.3 Å². The van der Waals surface area contributed by atoms with Crippen molar-refractivity contribution >= 4 is 17.8 Å². The van der Waals surface area contributed by atoms with E-state index in [1.807, 2.05) is 6.07 Å². The first-order valence-corrected chi connectivity index (χ1v) is 5.88. The zero-order valence-electron chi connectivity index (χ0n) is 9.93. The van der Waals surface area contributed by atoms with Crippen LogP contribution in [-0.2, 0) is 4.79 Å². The minimum Gasteiger partial charge on any atom is -0.370 e. The maximum atomic E-state index is 11.1. The number of pyridine rings is 1. The van der Waals surface area contributed by atoms with E-state index in [1.165, 1.54) is 6.92 Å². The average molecular weight is 232 g/mol. The molecular weight excluding hydrogens is 216 g/mol. The second-order valence-corrected chi connectivity index (χ2v) is 4.42. The topological polar surface area (TPSA) is 50.3 Å². The van der Waals surface area contributed by atoms with Gasteiger partial charge in [0.15, 0.2) is 5.78 Å². The summed E-state index contributed by atoms with van der Waals surface area (Å²) in [5, 5.41) is 0. The van der Waals surface area contributed by atoms with Gasteiger partial charge in [0.05, 0.1) is 11.9 Å². The van der Waals surface area contributed by atoms with Gasteiger partial charge >= 0.3 is 0 Å². The third-order valence-electron chi connectivity index (χ3n) is 3.21. The quantitative estimate of drug-likeness (QED) is 0.588. The molecule has 0 spiro atoms. The average Bonchev–Trinajstić information content (AvgIpc) is 2.39. The summed E-state index contributed by atoms with van der Waals surface area (Å²) in [5.74, 6) is 0.187. The Bertz CT molecular complexity index is 406. The van der Waals surface area contributed by atoms with E-state index in [0.717, 1.165) is 37.9 Å². The number of aldehydes is 1. The van der Waals surface area contributed by atoms with E-state index in [2.05, 4.69) is 9.88 Å². The molecule has 0 unspecified atom stereocenters. The minimum atomic E-state index is -0.0174. The zero-order chi connectivity index (χ0) is 12.3. The number of hydrogen-bond donors (Lipinski definition) is 0. The van der Waals surface area contributed by atoms with Crippen LogP contribution < -0.4 is 4.90 Å². The lowest BCUT2D eigenvalue weighted by molar-refractivity contribution is -0.111. The molecule has 1 aliphatic rings. The molecule has 0 amide bonds. The van der Waals surface area contributed by atoms with Gasteiger partial charge in [0, 0.05) is 25.9 Å². The molecule has 1 aromatic heterocycles. The number of carbonyl (C=O) groups excluding carboxylic acids is 2. The highest BCUT2D eigenvalue weighted by atomic mass is 16.1. The van der Waals surface area contributed by atoms with Crippen molar-refractivity contribution in [1.82, 2.24) is 4.98 Å². The van der Waals surface area contributed by atoms with Crippen LogP contribution in [0.4, 0.5) is 5.69 Å². The Labute approximate surface area is 101 Å². The van der Waals surface area contributed by atoms with Crippen LogP contribution in [0, 0.1) is 5.92 Å². The predicted octanol–water partition coefficient (Wildman–Crippen LogP) is 1.70. The van der Waals surface area contributed by atoms with Crippen molar-refractivity contribution in [1.29, 1.82) is 0 Å². The molecule has 1 fully saturated rings. The Morgan fingerprint density at radius 2 is 2.12 bits per heavy atom. The first-order valence-electron chi connectivity index (χ1n) is 5.88. The van der Waals surface area contributed by atoms with E-state index in [1.54, 1.807) is 12.3 Å². The summed E-state index contributed by atoms with van der Waals surface area (Å²) in [5.41, 5.74) is 1.52. The number of anilines is 1. The number of carbonyl (C=O) groups is 2. The normalized spacial score (nSPS) is 16.9. The number of aromatic nitrogens is 1. The van der Waals surface area contributed by atoms with Crippen molar-refractivity contribution in [2.45, 2.75) is 19.8 Å². The lowest BCUT2D eigenvalue weighted by Crippen LogP contribution is -2.34. The van der Waals surface area contributed by atoms with Crippen molar-refractivity contribution in [2.24, 2.45) is 5.92 Å². The number of Topliss-reactive ketones (excluding diaryl/α,β-unsaturated/α-hetero) is 1. The van der Waals surface area contributed by atoms with Gasteiger partial charge in [-0.25, -0.2) is 0 Å². The molecule has 0 aliphatic carbocycles. The van der Waals surface area contributed by atoms with Gasteiger partial charge in [0.2, 0.25) is 0 Å². The minimum absolute atomic E-state index is 0.0174. The van der Waals surface area contributed by atoms with E-state index in [-0.39, 0.29) is 11.7 Å². The van der Waals surface area contributed by atoms with E-state index < -0.39 is 0 Å². The van der Waals surface area contributed by atoms with Crippen molar-refractivity contribution in [3.63, 3.8) is 0 Å². The van der Waals surface area contributed by atoms with Crippen LogP contribution in [0.15, 0.2) is 18.3 Å². The smallest absolute Gasteiger partial charge is 0.178 e. The molecule has 0 N–H and O–H groups in total. The van der Waals surface area contributed by atoms with Gasteiger partial charge in [-0.1, -0.05) is 0 Å². The molecule has 0 saturated carbocycles. The Morgan fingerprint density at radius 1 is 1.41 bits per heavy atom. The highest BCUT2D eigenvalue weighted by molar-refractivity contribution is 5.92. The predicted molar refractivity (Wildman–Crippen MR) is 65.2 cm³/mol. The molecule has 0 aromatic carbocycles. The van der Waals surface area contributed by atoms with E-state index in [4.69, 9.17) is 0 Å². The van der Waals surface area contributed by atoms with Crippen molar-refractivity contribution in [3.05, 3.63) is 24.0 Å². The summed E-state index contributed by atoms with van der Waals surface area (Å²) >= 11 is 0. The SMILES string of the molecule is CC(=O)c1ccc(N2CCC(C=O)CC2)cn1. The van der Waals surface area contributed by atoms with Gasteiger partial charge in [-0.3, -0.25) is 9.78 Å². The number of rotatable bonds is 3. The fraction of sp³-hybridized carbons (Fsp3) is 0.462. The molecule has 0 atom stereocenters. The summed E-state index contributed by atoms with van der Waals surface area (Å²) in [4.78, 5) is 28.1. The summed E-state index contributed by atoms with van der Waals surface area (Å²) in [7, 11) is 0. The van der Waals surface area contributed by atoms with Gasteiger partial charge in [-0.05, 0) is 25.0 Å². The maximum Gasteiger partial charge on any atom is 0.178 e. The monoisotopic (exact) mass is 232 g/mol. The third-order valence-corrected chi connectivity index (χ3v) is 3.21. The Morgan fingerprint density at radius 3 is 2.59 bits per heavy atom. The summed E-state index contributed by atoms with van der Waals surface area (Å²) in [6, 6.07) is 3.68. The highest BCUT2D eigenvalue weighted by Crippen LogP contribution is 2.21. The maximum absolute atomic E-state index is 11.1. The van der Waals surface area contributed by atoms with E-state index in [0.29, 0.717) is 5.69 Å². The van der Waals surface area contributed by atoms with Gasteiger partial charge in [-0.2, -0.15) is 0 Å². The largest absolute Gasteiger partial charge is 0.370 e. The second kappa shape index (κ2) is 5.08. The van der Waals surface area contributed by atoms with Crippen LogP contribution in [0.5, 0.6) is 0 Å². The van der Waals surface area contributed by atoms with Crippen LogP contribution in [0.25, 0.3) is 0 Å². The molecule has 4 heteroatoms. The molecule has 2 rings (SSSR count). The Kier molecular flexibility index (Phi) is 3.52. The standard InChI is InChI=1S/C13H16N2O2/c1-10(17)13-3-2-12(8-14-13)15-6-4-11(9-16)5-7-15/h2-3,8-9,11H,4-7H2,1H3. The second-order valence-electron chi connectivity index (χ2n) is 4.42. The molecule has 1 saturated heterocycles. The Balaban J connectivity index is 2.03. The van der Waals surface area contributed by atoms with Crippen molar-refractivity contribution < 1.29 is 9.59 Å². The highest BCUT2D eigenvalue weighted by Gasteiger charge is 2.18. The molecule has 2 heterocycles. The number of hydrogen-bond acceptors (Lipinski definition) is 4. The first kappa shape index (κ1) is 11.8. The molecule has 0 radical (unpaired) electrons. The molecule has 4 nitrogen and oxygen atoms in total. The van der Waals surface area contributed by atoms with Gasteiger partial charge < -0.3 is 9.69 Å². The molecule has 1 aliphatic heterocycles. The fourth-order valence-corrected chi connectivity index (χ4v) is 2.08. The van der Waals surface area contributed by atoms with E-state index in [9.17, 15) is 9.59 Å². The molecule has 0 bridgehead atoms. The van der Waals surface area contributed by atoms with Crippen LogP contribution >= 0.6 is 0 Å². The van der Waals surface area contributed by atoms with Crippen LogP contribution in [0.2, 0.25) is 0 Å². The fourth-order valence-electron chi connectivity index (χ4n) is 2.08. The summed E-state index contributed by atoms with van der Waals surface area (Å²) < 4.78 is 0. The number of piperidine rings is 1. The number of nitrogens with zero attached hydrogens (tertiary/aromatic N) is 2. The number of ketones is 1. The molecule has 90 valence electrons. The van der Waals surface area contributed by atoms with Gasteiger partial charge in [0.1, 0.15) is 12.0 Å². The van der Waals surface area contributed by atoms with Gasteiger partial charge in [0.25, 0.3) is 0 Å². The lowest BCUT2D eigenvalue weighted by Gasteiger charge is -2.31. The summed E-state index contributed by atoms with van der Waals surface area (Å²) in [6.45, 7) is 3.27. The van der Waals surface area contributed by atoms with Crippen molar-refractivity contribution in [3.8, 4) is 0 Å². The molecule has 17 heavy (non-hydrogen) atoms. The lowest BCUT2D eigenvalue weighted by atomic mass is 9.98. The van der Waals surface area contributed by atoms with Crippen LogP contribution in [-0.4, -0.2) is 30.1 Å². The van der Waals surface area contributed by atoms with Crippen LogP contribution in [0.3, 0.4) is 0 Å². The van der Waals surface area contributed by atoms with Crippen molar-refractivity contribution in [2.75, 3.05) is 18.0 Å². The van der Waals surface area contributed by atoms with Gasteiger partial charge in [-0.15, -0.1) is 0 Å². The van der Waals surface area contributed by atoms with E-state index >= 15 is 0 Å². The molecular formula is C13H16N2O2. The zero-order valence-corrected chi connectivity index (χ0v) is 9.93. The Hall–Kier alpha value is -1.71.